The predicted octanol–water partition coefficient (Wildman–Crippen LogP) is 3.58. The van der Waals surface area contributed by atoms with Gasteiger partial charge in [0.1, 0.15) is 5.75 Å². The van der Waals surface area contributed by atoms with Gasteiger partial charge in [-0.05, 0) is 49.4 Å². The number of amides is 1. The Labute approximate surface area is 164 Å². The Hall–Kier alpha value is -3.75. The van der Waals surface area contributed by atoms with Crippen LogP contribution in [0.5, 0.6) is 5.75 Å². The van der Waals surface area contributed by atoms with Crippen LogP contribution in [0, 0.1) is 6.92 Å². The summed E-state index contributed by atoms with van der Waals surface area (Å²) in [4.78, 5) is 24.1. The topological polar surface area (TPSA) is 82.5 Å². The van der Waals surface area contributed by atoms with E-state index in [0.29, 0.717) is 0 Å². The lowest BCUT2D eigenvalue weighted by molar-refractivity contribution is -0.119. The molecule has 3 rings (SSSR count). The molecule has 150 valence electrons. The molecule has 0 spiro atoms. The second-order valence-electron chi connectivity index (χ2n) is 5.93. The van der Waals surface area contributed by atoms with Gasteiger partial charge < -0.3 is 14.8 Å². The van der Waals surface area contributed by atoms with Gasteiger partial charge >= 0.3 is 12.6 Å². The van der Waals surface area contributed by atoms with E-state index in [1.54, 1.807) is 41.2 Å². The smallest absolute Gasteiger partial charge is 0.387 e. The fourth-order valence-electron chi connectivity index (χ4n) is 2.55. The number of para-hydroxylation sites is 2. The van der Waals surface area contributed by atoms with Crippen LogP contribution in [0.2, 0.25) is 0 Å². The van der Waals surface area contributed by atoms with Crippen LogP contribution < -0.4 is 10.1 Å². The van der Waals surface area contributed by atoms with E-state index in [9.17, 15) is 18.4 Å². The molecule has 0 radical (unpaired) electrons. The van der Waals surface area contributed by atoms with Gasteiger partial charge in [0.2, 0.25) is 0 Å². The maximum atomic E-state index is 12.4. The number of aryl methyl sites for hydroxylation is 1. The molecule has 3 aromatic rings. The van der Waals surface area contributed by atoms with Crippen LogP contribution in [-0.2, 0) is 9.53 Å². The zero-order valence-corrected chi connectivity index (χ0v) is 15.3. The molecular weight excluding hydrogens is 384 g/mol. The maximum absolute atomic E-state index is 12.4. The van der Waals surface area contributed by atoms with Crippen LogP contribution in [0.15, 0.2) is 60.8 Å². The minimum Gasteiger partial charge on any atom is -0.452 e. The Morgan fingerprint density at radius 3 is 2.48 bits per heavy atom. The molecule has 0 unspecified atom stereocenters. The highest BCUT2D eigenvalue weighted by molar-refractivity contribution is 5.96. The molecule has 0 saturated carbocycles. The second-order valence-corrected chi connectivity index (χ2v) is 5.93. The number of aromatic nitrogens is 2. The number of benzene rings is 2. The summed E-state index contributed by atoms with van der Waals surface area (Å²) in [5.74, 6) is -1.57. The number of esters is 1. The third-order valence-electron chi connectivity index (χ3n) is 3.89. The van der Waals surface area contributed by atoms with E-state index in [0.717, 1.165) is 11.4 Å². The zero-order chi connectivity index (χ0) is 20.8. The molecule has 1 heterocycles. The molecule has 0 atom stereocenters. The molecule has 0 saturated heterocycles. The Morgan fingerprint density at radius 1 is 1.10 bits per heavy atom. The van der Waals surface area contributed by atoms with Crippen molar-refractivity contribution in [1.29, 1.82) is 0 Å². The Balaban J connectivity index is 1.57. The summed E-state index contributed by atoms with van der Waals surface area (Å²) in [7, 11) is 0. The van der Waals surface area contributed by atoms with Gasteiger partial charge in [0.15, 0.2) is 6.61 Å². The predicted molar refractivity (Wildman–Crippen MR) is 100 cm³/mol. The number of hydrogen-bond donors (Lipinski definition) is 1. The molecule has 0 aliphatic rings. The minimum atomic E-state index is -3.03. The van der Waals surface area contributed by atoms with Crippen molar-refractivity contribution in [2.75, 3.05) is 11.9 Å². The number of ether oxygens (including phenoxy) is 2. The van der Waals surface area contributed by atoms with Crippen molar-refractivity contribution >= 4 is 17.6 Å². The maximum Gasteiger partial charge on any atom is 0.387 e. The molecule has 29 heavy (non-hydrogen) atoms. The lowest BCUT2D eigenvalue weighted by Gasteiger charge is -2.12. The molecule has 7 nitrogen and oxygen atoms in total. The number of halogens is 2. The van der Waals surface area contributed by atoms with Gasteiger partial charge in [-0.15, -0.1) is 0 Å². The number of alkyl halides is 2. The van der Waals surface area contributed by atoms with Crippen molar-refractivity contribution < 1.29 is 27.8 Å². The van der Waals surface area contributed by atoms with Crippen LogP contribution in [0.3, 0.4) is 0 Å². The largest absolute Gasteiger partial charge is 0.452 e. The van der Waals surface area contributed by atoms with Crippen LogP contribution in [0.25, 0.3) is 5.69 Å². The minimum absolute atomic E-state index is 0.0489. The van der Waals surface area contributed by atoms with E-state index < -0.39 is 25.1 Å². The first-order valence-electron chi connectivity index (χ1n) is 8.56. The van der Waals surface area contributed by atoms with Gasteiger partial charge in [0.05, 0.1) is 16.9 Å². The first-order valence-corrected chi connectivity index (χ1v) is 8.56. The van der Waals surface area contributed by atoms with E-state index in [1.165, 1.54) is 18.2 Å². The average molecular weight is 401 g/mol. The fraction of sp³-hybridized carbons (Fsp3) is 0.150. The summed E-state index contributed by atoms with van der Waals surface area (Å²) in [6.45, 7) is -1.71. The van der Waals surface area contributed by atoms with E-state index in [2.05, 4.69) is 15.2 Å². The molecule has 0 aliphatic heterocycles. The van der Waals surface area contributed by atoms with E-state index >= 15 is 0 Å². The molecule has 2 aromatic carbocycles. The normalized spacial score (nSPS) is 10.6. The highest BCUT2D eigenvalue weighted by Gasteiger charge is 2.14. The summed E-state index contributed by atoms with van der Waals surface area (Å²) in [6, 6.07) is 14.1. The monoisotopic (exact) mass is 401 g/mol. The van der Waals surface area contributed by atoms with Gasteiger partial charge in [-0.1, -0.05) is 12.1 Å². The van der Waals surface area contributed by atoms with Crippen molar-refractivity contribution in [1.82, 2.24) is 9.78 Å². The number of nitrogens with one attached hydrogen (secondary N) is 1. The van der Waals surface area contributed by atoms with Crippen LogP contribution >= 0.6 is 0 Å². The Morgan fingerprint density at radius 2 is 1.83 bits per heavy atom. The average Bonchev–Trinajstić information content (AvgIpc) is 3.13. The molecule has 0 bridgehead atoms. The highest BCUT2D eigenvalue weighted by Crippen LogP contribution is 2.25. The van der Waals surface area contributed by atoms with Crippen LogP contribution in [0.4, 0.5) is 14.5 Å². The summed E-state index contributed by atoms with van der Waals surface area (Å²) < 4.78 is 35.8. The fourth-order valence-corrected chi connectivity index (χ4v) is 2.55. The third kappa shape index (κ3) is 5.16. The van der Waals surface area contributed by atoms with Crippen molar-refractivity contribution in [3.63, 3.8) is 0 Å². The lowest BCUT2D eigenvalue weighted by atomic mass is 10.2. The van der Waals surface area contributed by atoms with Gasteiger partial charge in [-0.2, -0.15) is 13.9 Å². The Kier molecular flexibility index (Phi) is 6.18. The van der Waals surface area contributed by atoms with E-state index in [1.807, 2.05) is 13.0 Å². The molecule has 1 aromatic heterocycles. The quantitative estimate of drug-likeness (QED) is 0.612. The first kappa shape index (κ1) is 20.0. The third-order valence-corrected chi connectivity index (χ3v) is 3.89. The molecule has 0 aliphatic carbocycles. The second kappa shape index (κ2) is 8.96. The summed E-state index contributed by atoms with van der Waals surface area (Å²) >= 11 is 0. The van der Waals surface area contributed by atoms with Gasteiger partial charge in [0, 0.05) is 11.9 Å². The number of anilines is 1. The first-order chi connectivity index (χ1) is 13.9. The summed E-state index contributed by atoms with van der Waals surface area (Å²) in [6.07, 6.45) is 1.67. The number of nitrogens with zero attached hydrogens (tertiary/aromatic N) is 2. The zero-order valence-electron chi connectivity index (χ0n) is 15.3. The number of carbonyl (C=O) groups excluding carboxylic acids is 2. The van der Waals surface area contributed by atoms with E-state index in [4.69, 9.17) is 4.74 Å². The van der Waals surface area contributed by atoms with Crippen molar-refractivity contribution in [2.24, 2.45) is 0 Å². The van der Waals surface area contributed by atoms with Crippen LogP contribution in [0.1, 0.15) is 16.1 Å². The van der Waals surface area contributed by atoms with Crippen molar-refractivity contribution in [2.45, 2.75) is 13.5 Å². The SMILES string of the molecule is Cc1ccnn1-c1ccc(C(=O)OCC(=O)Nc2ccccc2OC(F)F)cc1. The van der Waals surface area contributed by atoms with Crippen LogP contribution in [-0.4, -0.2) is 34.9 Å². The van der Waals surface area contributed by atoms with Gasteiger partial charge in [-0.3, -0.25) is 4.79 Å². The lowest BCUT2D eigenvalue weighted by Crippen LogP contribution is -2.21. The van der Waals surface area contributed by atoms with Crippen molar-refractivity contribution in [3.05, 3.63) is 72.1 Å². The number of rotatable bonds is 7. The standard InChI is InChI=1S/C20H17F2N3O4/c1-13-10-11-23-25(13)15-8-6-14(7-9-15)19(27)28-12-18(26)24-16-4-2-3-5-17(16)29-20(21)22/h2-11,20H,12H2,1H3,(H,24,26). The number of carbonyl (C=O) groups is 2. The molecular formula is C20H17F2N3O4. The molecule has 9 heteroatoms. The molecule has 1 amide bonds. The summed E-state index contributed by atoms with van der Waals surface area (Å²) in [5, 5.41) is 6.55. The van der Waals surface area contributed by atoms with Crippen molar-refractivity contribution in [3.8, 4) is 11.4 Å². The number of hydrogen-bond acceptors (Lipinski definition) is 5. The van der Waals surface area contributed by atoms with E-state index in [-0.39, 0.29) is 17.0 Å². The molecule has 1 N–H and O–H groups in total. The van der Waals surface area contributed by atoms with Gasteiger partial charge in [-0.25, -0.2) is 9.48 Å². The highest BCUT2D eigenvalue weighted by atomic mass is 19.3. The molecule has 0 fully saturated rings. The van der Waals surface area contributed by atoms with Gasteiger partial charge in [0.25, 0.3) is 5.91 Å². The Bertz CT molecular complexity index is 1000. The summed E-state index contributed by atoms with van der Waals surface area (Å²) in [5.41, 5.74) is 2.02.